The lowest BCUT2D eigenvalue weighted by molar-refractivity contribution is 0.961. The zero-order valence-corrected chi connectivity index (χ0v) is 13.4. The number of hydrogen-bond acceptors (Lipinski definition) is 4. The molecule has 110 valence electrons. The van der Waals surface area contributed by atoms with E-state index in [1.165, 1.54) is 16.3 Å². The lowest BCUT2D eigenvalue weighted by Crippen LogP contribution is -1.96. The van der Waals surface area contributed by atoms with Crippen molar-refractivity contribution in [3.05, 3.63) is 58.7 Å². The van der Waals surface area contributed by atoms with E-state index in [2.05, 4.69) is 57.7 Å². The molecular formula is C17H14ClN3S. The number of aromatic nitrogens is 2. The van der Waals surface area contributed by atoms with Crippen molar-refractivity contribution in [1.82, 2.24) is 9.97 Å². The van der Waals surface area contributed by atoms with Crippen LogP contribution in [0.2, 0.25) is 5.15 Å². The summed E-state index contributed by atoms with van der Waals surface area (Å²) in [5.41, 5.74) is 2.33. The zero-order valence-electron chi connectivity index (χ0n) is 11.8. The Hall–Kier alpha value is -1.78. The minimum absolute atomic E-state index is 0.579. The van der Waals surface area contributed by atoms with Crippen LogP contribution in [0.15, 0.2) is 47.6 Å². The molecule has 0 fully saturated rings. The maximum absolute atomic E-state index is 6.25. The van der Waals surface area contributed by atoms with Gasteiger partial charge < -0.3 is 5.32 Å². The average molecular weight is 328 g/mol. The van der Waals surface area contributed by atoms with Gasteiger partial charge in [0, 0.05) is 17.9 Å². The quantitative estimate of drug-likeness (QED) is 0.435. The van der Waals surface area contributed by atoms with Crippen molar-refractivity contribution in [1.29, 1.82) is 0 Å². The average Bonchev–Trinajstić information content (AvgIpc) is 3.02. The SMILES string of the molecule is Clc1nc(SCc2cccc3ccccc23)nc2c1CCN2. The first-order valence-electron chi connectivity index (χ1n) is 7.21. The Bertz CT molecular complexity index is 845. The van der Waals surface area contributed by atoms with Gasteiger partial charge in [0.25, 0.3) is 0 Å². The van der Waals surface area contributed by atoms with E-state index in [9.17, 15) is 0 Å². The second kappa shape index (κ2) is 5.78. The first-order chi connectivity index (χ1) is 10.8. The van der Waals surface area contributed by atoms with Crippen LogP contribution in [0.25, 0.3) is 10.8 Å². The minimum Gasteiger partial charge on any atom is -0.369 e. The van der Waals surface area contributed by atoms with Crippen molar-refractivity contribution < 1.29 is 0 Å². The van der Waals surface area contributed by atoms with E-state index in [4.69, 9.17) is 11.6 Å². The molecule has 5 heteroatoms. The fraction of sp³-hybridized carbons (Fsp3) is 0.176. The molecule has 0 radical (unpaired) electrons. The Kier molecular flexibility index (Phi) is 3.64. The maximum Gasteiger partial charge on any atom is 0.191 e. The number of rotatable bonds is 3. The normalized spacial score (nSPS) is 13.1. The van der Waals surface area contributed by atoms with Gasteiger partial charge in [-0.3, -0.25) is 0 Å². The summed E-state index contributed by atoms with van der Waals surface area (Å²) >= 11 is 7.87. The van der Waals surface area contributed by atoms with E-state index in [0.29, 0.717) is 5.15 Å². The number of nitrogens with zero attached hydrogens (tertiary/aromatic N) is 2. The molecule has 0 aliphatic carbocycles. The third kappa shape index (κ3) is 2.53. The van der Waals surface area contributed by atoms with E-state index >= 15 is 0 Å². The molecule has 2 aromatic carbocycles. The lowest BCUT2D eigenvalue weighted by atomic mass is 10.1. The van der Waals surface area contributed by atoms with Crippen LogP contribution in [-0.2, 0) is 12.2 Å². The van der Waals surface area contributed by atoms with Crippen molar-refractivity contribution in [3.63, 3.8) is 0 Å². The summed E-state index contributed by atoms with van der Waals surface area (Å²) in [6.07, 6.45) is 0.905. The van der Waals surface area contributed by atoms with Gasteiger partial charge in [0.1, 0.15) is 11.0 Å². The summed E-state index contributed by atoms with van der Waals surface area (Å²) in [6, 6.07) is 14.8. The van der Waals surface area contributed by atoms with Crippen molar-refractivity contribution in [2.45, 2.75) is 17.3 Å². The fourth-order valence-electron chi connectivity index (χ4n) is 2.74. The largest absolute Gasteiger partial charge is 0.369 e. The third-order valence-corrected chi connectivity index (χ3v) is 5.05. The highest BCUT2D eigenvalue weighted by atomic mass is 35.5. The summed E-state index contributed by atoms with van der Waals surface area (Å²) < 4.78 is 0. The first kappa shape index (κ1) is 13.9. The van der Waals surface area contributed by atoms with Gasteiger partial charge in [0.15, 0.2) is 5.16 Å². The molecule has 22 heavy (non-hydrogen) atoms. The second-order valence-corrected chi connectivity index (χ2v) is 6.53. The van der Waals surface area contributed by atoms with Gasteiger partial charge in [-0.15, -0.1) is 0 Å². The summed E-state index contributed by atoms with van der Waals surface area (Å²) in [6.45, 7) is 0.890. The predicted molar refractivity (Wildman–Crippen MR) is 92.7 cm³/mol. The number of thioether (sulfide) groups is 1. The van der Waals surface area contributed by atoms with Gasteiger partial charge in [0.2, 0.25) is 0 Å². The van der Waals surface area contributed by atoms with Crippen molar-refractivity contribution in [2.24, 2.45) is 0 Å². The van der Waals surface area contributed by atoms with Crippen LogP contribution in [0.1, 0.15) is 11.1 Å². The maximum atomic E-state index is 6.25. The van der Waals surface area contributed by atoms with Gasteiger partial charge in [0.05, 0.1) is 0 Å². The van der Waals surface area contributed by atoms with Crippen LogP contribution in [0.5, 0.6) is 0 Å². The van der Waals surface area contributed by atoms with E-state index in [1.807, 2.05) is 0 Å². The van der Waals surface area contributed by atoms with Crippen molar-refractivity contribution in [3.8, 4) is 0 Å². The van der Waals surface area contributed by atoms with Gasteiger partial charge >= 0.3 is 0 Å². The van der Waals surface area contributed by atoms with Gasteiger partial charge in [-0.05, 0) is 22.8 Å². The molecule has 1 aliphatic heterocycles. The highest BCUT2D eigenvalue weighted by Crippen LogP contribution is 2.31. The molecule has 1 N–H and O–H groups in total. The predicted octanol–water partition coefficient (Wildman–Crippen LogP) is 4.54. The molecule has 1 aliphatic rings. The fourth-order valence-corrected chi connectivity index (χ4v) is 3.90. The van der Waals surface area contributed by atoms with Crippen LogP contribution in [0.4, 0.5) is 5.82 Å². The molecule has 3 aromatic rings. The van der Waals surface area contributed by atoms with E-state index in [1.54, 1.807) is 11.8 Å². The Balaban J connectivity index is 1.61. The number of benzene rings is 2. The van der Waals surface area contributed by atoms with Crippen molar-refractivity contribution >= 4 is 40.0 Å². The molecule has 4 rings (SSSR count). The lowest BCUT2D eigenvalue weighted by Gasteiger charge is -2.07. The van der Waals surface area contributed by atoms with Crippen molar-refractivity contribution in [2.75, 3.05) is 11.9 Å². The van der Waals surface area contributed by atoms with E-state index < -0.39 is 0 Å². The number of hydrogen-bond donors (Lipinski definition) is 1. The zero-order chi connectivity index (χ0) is 14.9. The molecule has 1 aromatic heterocycles. The van der Waals surface area contributed by atoms with Gasteiger partial charge in [-0.25, -0.2) is 9.97 Å². The Morgan fingerprint density at radius 3 is 2.91 bits per heavy atom. The Morgan fingerprint density at radius 2 is 1.95 bits per heavy atom. The van der Waals surface area contributed by atoms with Crippen LogP contribution < -0.4 is 5.32 Å². The summed E-state index contributed by atoms with van der Waals surface area (Å²) in [7, 11) is 0. The molecule has 0 bridgehead atoms. The number of anilines is 1. The first-order valence-corrected chi connectivity index (χ1v) is 8.57. The van der Waals surface area contributed by atoms with Crippen LogP contribution in [-0.4, -0.2) is 16.5 Å². The number of fused-ring (bicyclic) bond motifs is 2. The highest BCUT2D eigenvalue weighted by Gasteiger charge is 2.18. The Morgan fingerprint density at radius 1 is 1.09 bits per heavy atom. The highest BCUT2D eigenvalue weighted by molar-refractivity contribution is 7.98. The number of nitrogens with one attached hydrogen (secondary N) is 1. The summed E-state index contributed by atoms with van der Waals surface area (Å²) in [5, 5.41) is 7.11. The topological polar surface area (TPSA) is 37.8 Å². The molecule has 0 unspecified atom stereocenters. The Labute approximate surface area is 138 Å². The molecule has 0 atom stereocenters. The second-order valence-electron chi connectivity index (χ2n) is 5.23. The molecule has 0 spiro atoms. The van der Waals surface area contributed by atoms with E-state index in [-0.39, 0.29) is 0 Å². The number of halogens is 1. The third-order valence-electron chi connectivity index (χ3n) is 3.84. The summed E-state index contributed by atoms with van der Waals surface area (Å²) in [4.78, 5) is 8.98. The van der Waals surface area contributed by atoms with Crippen LogP contribution >= 0.6 is 23.4 Å². The molecule has 2 heterocycles. The molecule has 0 saturated heterocycles. The minimum atomic E-state index is 0.579. The molecule has 0 amide bonds. The monoisotopic (exact) mass is 327 g/mol. The molecular weight excluding hydrogens is 314 g/mol. The smallest absolute Gasteiger partial charge is 0.191 e. The van der Waals surface area contributed by atoms with Gasteiger partial charge in [-0.2, -0.15) is 0 Å². The molecule has 3 nitrogen and oxygen atoms in total. The standard InChI is InChI=1S/C17H14ClN3S/c18-15-14-8-9-19-16(14)21-17(20-15)22-10-12-6-3-5-11-4-1-2-7-13(11)12/h1-7H,8-10H2,(H,19,20,21). The van der Waals surface area contributed by atoms with E-state index in [0.717, 1.165) is 35.3 Å². The van der Waals surface area contributed by atoms with Crippen LogP contribution in [0.3, 0.4) is 0 Å². The summed E-state index contributed by atoms with van der Waals surface area (Å²) in [5.74, 6) is 1.72. The van der Waals surface area contributed by atoms with Crippen LogP contribution in [0, 0.1) is 0 Å². The molecule has 0 saturated carbocycles. The van der Waals surface area contributed by atoms with Gasteiger partial charge in [-0.1, -0.05) is 65.8 Å².